The van der Waals surface area contributed by atoms with Crippen LogP contribution in [-0.2, 0) is 0 Å². The first kappa shape index (κ1) is 9.42. The number of hydrogen-bond acceptors (Lipinski definition) is 0. The standard InChI is InChI=1S/C5H10.Al.ClH.Li.H/c1-3-5-4-2;;;;/h1-5H2;;1H;;/q;+1;;+1;-1/p-1. The van der Waals surface area contributed by atoms with Gasteiger partial charge in [-0.1, -0.05) is 29.8 Å². The Balaban J connectivity index is 0. The molecule has 0 aromatic rings. The summed E-state index contributed by atoms with van der Waals surface area (Å²) >= 11 is -0.622. The predicted octanol–water partition coefficient (Wildman–Crippen LogP) is -0.483. The second-order valence-corrected chi connectivity index (χ2v) is 6.44. The summed E-state index contributed by atoms with van der Waals surface area (Å²) in [5, 5.41) is 2.78. The van der Waals surface area contributed by atoms with Gasteiger partial charge in [-0.05, 0) is 0 Å². The van der Waals surface area contributed by atoms with Gasteiger partial charge in [0.25, 0.3) is 0 Å². The summed E-state index contributed by atoms with van der Waals surface area (Å²) in [6.45, 7) is 0. The SMILES string of the molecule is [Cl][Al]1[CH2]CCC[CH2]1.[H-].[Li+]. The molecule has 1 heterocycles. The van der Waals surface area contributed by atoms with E-state index in [0.717, 1.165) is 0 Å². The van der Waals surface area contributed by atoms with Crippen LogP contribution in [0.15, 0.2) is 0 Å². The Bertz CT molecular complexity index is 58.9. The number of halogens is 1. The molecule has 0 aromatic carbocycles. The van der Waals surface area contributed by atoms with E-state index in [-0.39, 0.29) is 20.3 Å². The topological polar surface area (TPSA) is 0 Å². The Labute approximate surface area is 73.2 Å². The predicted molar refractivity (Wildman–Crippen MR) is 36.2 cm³/mol. The molecule has 0 atom stereocenters. The summed E-state index contributed by atoms with van der Waals surface area (Å²) in [5.74, 6) is 0. The third-order valence-corrected chi connectivity index (χ3v) is 4.91. The first-order chi connectivity index (χ1) is 3.39. The van der Waals surface area contributed by atoms with Crippen LogP contribution in [0, 0.1) is 0 Å². The smallest absolute Gasteiger partial charge is 1.00 e. The average Bonchev–Trinajstić information content (AvgIpc) is 1.69. The zero-order valence-electron chi connectivity index (χ0n) is 6.49. The Morgan fingerprint density at radius 3 is 1.88 bits per heavy atom. The molecule has 3 heteroatoms. The molecule has 1 rings (SSSR count). The van der Waals surface area contributed by atoms with Crippen molar-refractivity contribution in [3.8, 4) is 0 Å². The van der Waals surface area contributed by atoms with Crippen LogP contribution in [0.5, 0.6) is 0 Å². The molecule has 0 radical (unpaired) electrons. The first-order valence-corrected chi connectivity index (χ1v) is 6.41. The van der Waals surface area contributed by atoms with Crippen molar-refractivity contribution in [1.29, 1.82) is 0 Å². The van der Waals surface area contributed by atoms with E-state index in [2.05, 4.69) is 0 Å². The Morgan fingerprint density at radius 1 is 1.12 bits per heavy atom. The van der Waals surface area contributed by atoms with Crippen LogP contribution in [-0.4, -0.2) is 13.2 Å². The van der Waals surface area contributed by atoms with E-state index >= 15 is 0 Å². The molecule has 0 nitrogen and oxygen atoms in total. The van der Waals surface area contributed by atoms with Crippen LogP contribution in [0.2, 0.25) is 10.6 Å². The molecule has 1 saturated heterocycles. The molecule has 0 aromatic heterocycles. The summed E-state index contributed by atoms with van der Waals surface area (Å²) in [6, 6.07) is 0. The first-order valence-electron chi connectivity index (χ1n) is 3.03. The van der Waals surface area contributed by atoms with Gasteiger partial charge in [0.05, 0.1) is 0 Å². The minimum atomic E-state index is -0.622. The van der Waals surface area contributed by atoms with Gasteiger partial charge in [-0.15, -0.1) is 0 Å². The van der Waals surface area contributed by atoms with Crippen LogP contribution >= 0.6 is 10.0 Å². The van der Waals surface area contributed by atoms with Gasteiger partial charge in [0.1, 0.15) is 0 Å². The fourth-order valence-electron chi connectivity index (χ4n) is 1.05. The zero-order chi connectivity index (χ0) is 5.11. The van der Waals surface area contributed by atoms with Gasteiger partial charge in [-0.3, -0.25) is 10.0 Å². The van der Waals surface area contributed by atoms with Crippen molar-refractivity contribution in [2.45, 2.75) is 29.8 Å². The van der Waals surface area contributed by atoms with Crippen LogP contribution in [0.1, 0.15) is 20.7 Å². The van der Waals surface area contributed by atoms with Crippen molar-refractivity contribution < 1.29 is 20.3 Å². The van der Waals surface area contributed by atoms with Crippen molar-refractivity contribution in [2.75, 3.05) is 0 Å². The number of hydrogen-bond donors (Lipinski definition) is 0. The molecule has 0 amide bonds. The van der Waals surface area contributed by atoms with Gasteiger partial charge in [-0.25, -0.2) is 0 Å². The molecule has 0 N–H and O–H groups in total. The monoisotopic (exact) mass is 140 g/mol. The quantitative estimate of drug-likeness (QED) is 0.399. The molecule has 0 saturated carbocycles. The van der Waals surface area contributed by atoms with E-state index in [4.69, 9.17) is 10.0 Å². The van der Waals surface area contributed by atoms with E-state index in [1.165, 1.54) is 29.8 Å². The largest absolute Gasteiger partial charge is 1.00 e. The van der Waals surface area contributed by atoms with E-state index in [1.807, 2.05) is 0 Å². The van der Waals surface area contributed by atoms with Crippen LogP contribution in [0.3, 0.4) is 0 Å². The molecule has 0 spiro atoms. The van der Waals surface area contributed by atoms with Gasteiger partial charge in [0.2, 0.25) is 0 Å². The van der Waals surface area contributed by atoms with Gasteiger partial charge < -0.3 is 1.43 Å². The van der Waals surface area contributed by atoms with E-state index in [0.29, 0.717) is 0 Å². The van der Waals surface area contributed by atoms with Gasteiger partial charge in [0.15, 0.2) is 0 Å². The second kappa shape index (κ2) is 5.22. The maximum Gasteiger partial charge on any atom is 1.00 e. The van der Waals surface area contributed by atoms with Gasteiger partial charge in [0, 0.05) is 0 Å². The fourth-order valence-corrected chi connectivity index (χ4v) is 3.73. The minimum absolute atomic E-state index is 0. The summed E-state index contributed by atoms with van der Waals surface area (Å²) in [4.78, 5) is 0. The molecule has 8 heavy (non-hydrogen) atoms. The van der Waals surface area contributed by atoms with E-state index in [9.17, 15) is 0 Å². The van der Waals surface area contributed by atoms with Crippen molar-refractivity contribution in [1.82, 2.24) is 0 Å². The van der Waals surface area contributed by atoms with E-state index in [1.54, 1.807) is 0 Å². The Hall–Kier alpha value is 1.42. The maximum atomic E-state index is 5.96. The van der Waals surface area contributed by atoms with Crippen LogP contribution < -0.4 is 18.9 Å². The van der Waals surface area contributed by atoms with Crippen LogP contribution in [0.25, 0.3) is 0 Å². The molecule has 0 bridgehead atoms. The third-order valence-electron chi connectivity index (χ3n) is 1.53. The zero-order valence-corrected chi connectivity index (χ0v) is 7.40. The second-order valence-electron chi connectivity index (χ2n) is 2.24. The van der Waals surface area contributed by atoms with Gasteiger partial charge >= 0.3 is 32.1 Å². The molecular weight excluding hydrogens is 129 g/mol. The maximum absolute atomic E-state index is 5.96. The molecule has 1 aliphatic rings. The normalized spacial score (nSPS) is 19.9. The summed E-state index contributed by atoms with van der Waals surface area (Å²) in [5.41, 5.74) is 0. The fraction of sp³-hybridized carbons (Fsp3) is 1.00. The Kier molecular flexibility index (Phi) is 6.15. The van der Waals surface area contributed by atoms with Gasteiger partial charge in [-0.2, -0.15) is 0 Å². The molecule has 0 unspecified atom stereocenters. The minimum Gasteiger partial charge on any atom is -1.00 e. The summed E-state index contributed by atoms with van der Waals surface area (Å²) < 4.78 is 0. The average molecular weight is 141 g/mol. The summed E-state index contributed by atoms with van der Waals surface area (Å²) in [6.07, 6.45) is 4.27. The van der Waals surface area contributed by atoms with Crippen LogP contribution in [0.4, 0.5) is 0 Å². The number of rotatable bonds is 0. The van der Waals surface area contributed by atoms with Crippen molar-refractivity contribution in [2.24, 2.45) is 0 Å². The Morgan fingerprint density at radius 2 is 1.62 bits per heavy atom. The third kappa shape index (κ3) is 3.45. The molecule has 0 aliphatic carbocycles. The molecule has 1 aliphatic heterocycles. The molecule has 1 fully saturated rings. The molecule has 42 valence electrons. The summed E-state index contributed by atoms with van der Waals surface area (Å²) in [7, 11) is 5.96. The van der Waals surface area contributed by atoms with E-state index < -0.39 is 13.2 Å². The van der Waals surface area contributed by atoms with Crippen molar-refractivity contribution in [3.63, 3.8) is 0 Å². The molecular formula is C5H11AlClLi. The van der Waals surface area contributed by atoms with Crippen molar-refractivity contribution >= 4 is 23.3 Å². The van der Waals surface area contributed by atoms with Crippen molar-refractivity contribution in [3.05, 3.63) is 0 Å².